The van der Waals surface area contributed by atoms with Crippen LogP contribution in [0.15, 0.2) is 24.3 Å². The van der Waals surface area contributed by atoms with Gasteiger partial charge in [-0.15, -0.1) is 0 Å². The van der Waals surface area contributed by atoms with Gasteiger partial charge in [0.2, 0.25) is 0 Å². The van der Waals surface area contributed by atoms with Crippen molar-refractivity contribution in [2.75, 3.05) is 25.5 Å². The number of carbonyl (C=O) groups excluding carboxylic acids is 5. The van der Waals surface area contributed by atoms with Crippen LogP contribution in [0.5, 0.6) is 0 Å². The Morgan fingerprint density at radius 3 is 2.46 bits per heavy atom. The molecule has 1 atom stereocenters. The van der Waals surface area contributed by atoms with Crippen molar-refractivity contribution in [3.05, 3.63) is 29.8 Å². The Morgan fingerprint density at radius 2 is 1.88 bits per heavy atom. The first-order valence-corrected chi connectivity index (χ1v) is 7.86. The molecular formula is C17H19N3O6. The molecule has 1 heterocycles. The van der Waals surface area contributed by atoms with E-state index >= 15 is 0 Å². The number of ether oxygens (including phenoxy) is 1. The van der Waals surface area contributed by atoms with E-state index in [1.54, 1.807) is 24.3 Å². The molecule has 0 saturated carbocycles. The molecule has 1 aliphatic heterocycles. The average molecular weight is 361 g/mol. The number of urea groups is 1. The minimum Gasteiger partial charge on any atom is -0.451 e. The summed E-state index contributed by atoms with van der Waals surface area (Å²) in [5.74, 6) is -2.25. The monoisotopic (exact) mass is 361 g/mol. The van der Waals surface area contributed by atoms with Gasteiger partial charge in [-0.1, -0.05) is 12.1 Å². The number of likely N-dealkylation sites (N-methyl/N-ethyl adjacent to an activating group) is 1. The van der Waals surface area contributed by atoms with E-state index in [1.807, 2.05) is 0 Å². The molecule has 0 bridgehead atoms. The molecule has 1 aliphatic rings. The SMILES string of the molecule is CC(=O)c1ccccc1NC(=O)[C@@H](C)OC(=O)CN1C(=O)CN(C)C1=O. The third kappa shape index (κ3) is 4.24. The van der Waals surface area contributed by atoms with Crippen molar-refractivity contribution in [1.29, 1.82) is 0 Å². The van der Waals surface area contributed by atoms with Crippen LogP contribution in [-0.2, 0) is 19.1 Å². The van der Waals surface area contributed by atoms with E-state index in [0.29, 0.717) is 11.3 Å². The number of nitrogens with zero attached hydrogens (tertiary/aromatic N) is 2. The summed E-state index contributed by atoms with van der Waals surface area (Å²) >= 11 is 0. The van der Waals surface area contributed by atoms with Gasteiger partial charge in [0.25, 0.3) is 11.8 Å². The Labute approximate surface area is 149 Å². The van der Waals surface area contributed by atoms with Gasteiger partial charge in [0.05, 0.1) is 5.69 Å². The lowest BCUT2D eigenvalue weighted by Gasteiger charge is -2.17. The Hall–Kier alpha value is -3.23. The van der Waals surface area contributed by atoms with Crippen molar-refractivity contribution in [3.8, 4) is 0 Å². The second-order valence-corrected chi connectivity index (χ2v) is 5.84. The third-order valence-electron chi connectivity index (χ3n) is 3.76. The zero-order chi connectivity index (χ0) is 19.4. The molecule has 0 radical (unpaired) electrons. The van der Waals surface area contributed by atoms with Gasteiger partial charge >= 0.3 is 12.0 Å². The van der Waals surface area contributed by atoms with E-state index in [0.717, 1.165) is 4.90 Å². The predicted molar refractivity (Wildman–Crippen MR) is 90.4 cm³/mol. The summed E-state index contributed by atoms with van der Waals surface area (Å²) in [4.78, 5) is 61.0. The molecule has 0 aromatic heterocycles. The van der Waals surface area contributed by atoms with Gasteiger partial charge in [0.15, 0.2) is 11.9 Å². The van der Waals surface area contributed by atoms with Crippen molar-refractivity contribution in [1.82, 2.24) is 9.80 Å². The fourth-order valence-electron chi connectivity index (χ4n) is 2.37. The van der Waals surface area contributed by atoms with Gasteiger partial charge in [-0.3, -0.25) is 24.1 Å². The average Bonchev–Trinajstić information content (AvgIpc) is 2.81. The lowest BCUT2D eigenvalue weighted by Crippen LogP contribution is -2.39. The van der Waals surface area contributed by atoms with Crippen LogP contribution in [0.1, 0.15) is 24.2 Å². The van der Waals surface area contributed by atoms with Crippen LogP contribution >= 0.6 is 0 Å². The first kappa shape index (κ1) is 19.1. The number of carbonyl (C=O) groups is 5. The van der Waals surface area contributed by atoms with Crippen LogP contribution in [0.3, 0.4) is 0 Å². The number of Topliss-reactive ketones (excluding diaryl/α,β-unsaturated/α-hetero) is 1. The molecule has 1 fully saturated rings. The summed E-state index contributed by atoms with van der Waals surface area (Å²) in [7, 11) is 1.44. The summed E-state index contributed by atoms with van der Waals surface area (Å²) in [6.07, 6.45) is -1.17. The number of amides is 4. The molecule has 1 saturated heterocycles. The van der Waals surface area contributed by atoms with E-state index in [4.69, 9.17) is 4.74 Å². The molecule has 0 spiro atoms. The molecular weight excluding hydrogens is 342 g/mol. The van der Waals surface area contributed by atoms with Gasteiger partial charge in [-0.25, -0.2) is 4.79 Å². The van der Waals surface area contributed by atoms with Crippen molar-refractivity contribution in [3.63, 3.8) is 0 Å². The number of benzene rings is 1. The summed E-state index contributed by atoms with van der Waals surface area (Å²) in [6.45, 7) is 2.05. The predicted octanol–water partition coefficient (Wildman–Crippen LogP) is 0.653. The smallest absolute Gasteiger partial charge is 0.327 e. The summed E-state index contributed by atoms with van der Waals surface area (Å²) in [5, 5.41) is 2.52. The maximum atomic E-state index is 12.2. The topological polar surface area (TPSA) is 113 Å². The molecule has 0 unspecified atom stereocenters. The number of hydrogen-bond donors (Lipinski definition) is 1. The number of esters is 1. The van der Waals surface area contributed by atoms with Gasteiger partial charge in [-0.2, -0.15) is 0 Å². The van der Waals surface area contributed by atoms with E-state index in [1.165, 1.54) is 25.8 Å². The van der Waals surface area contributed by atoms with Gasteiger partial charge in [0.1, 0.15) is 13.1 Å². The summed E-state index contributed by atoms with van der Waals surface area (Å²) in [6, 6.07) is 5.84. The Bertz CT molecular complexity index is 776. The maximum absolute atomic E-state index is 12.2. The number of nitrogens with one attached hydrogen (secondary N) is 1. The molecule has 1 aromatic rings. The number of hydrogen-bond acceptors (Lipinski definition) is 6. The fourth-order valence-corrected chi connectivity index (χ4v) is 2.37. The van der Waals surface area contributed by atoms with Gasteiger partial charge in [-0.05, 0) is 26.0 Å². The number of rotatable bonds is 6. The maximum Gasteiger partial charge on any atom is 0.327 e. The molecule has 4 amide bonds. The largest absolute Gasteiger partial charge is 0.451 e. The minimum atomic E-state index is -1.17. The number of anilines is 1. The highest BCUT2D eigenvalue weighted by molar-refractivity contribution is 6.05. The molecule has 0 aliphatic carbocycles. The first-order chi connectivity index (χ1) is 12.2. The van der Waals surface area contributed by atoms with Crippen molar-refractivity contribution in [2.45, 2.75) is 20.0 Å². The van der Waals surface area contributed by atoms with Gasteiger partial charge in [0, 0.05) is 12.6 Å². The van der Waals surface area contributed by atoms with Crippen LogP contribution in [-0.4, -0.2) is 65.6 Å². The highest BCUT2D eigenvalue weighted by atomic mass is 16.5. The third-order valence-corrected chi connectivity index (χ3v) is 3.76. The number of ketones is 1. The minimum absolute atomic E-state index is 0.107. The van der Waals surface area contributed by atoms with Crippen LogP contribution < -0.4 is 5.32 Å². The van der Waals surface area contributed by atoms with Gasteiger partial charge < -0.3 is 15.0 Å². The fraction of sp³-hybridized carbons (Fsp3) is 0.353. The molecule has 26 heavy (non-hydrogen) atoms. The van der Waals surface area contributed by atoms with Crippen molar-refractivity contribution >= 4 is 35.3 Å². The van der Waals surface area contributed by atoms with Crippen LogP contribution in [0.25, 0.3) is 0 Å². The highest BCUT2D eigenvalue weighted by Gasteiger charge is 2.35. The van der Waals surface area contributed by atoms with E-state index in [2.05, 4.69) is 5.32 Å². The zero-order valence-electron chi connectivity index (χ0n) is 14.6. The molecule has 1 N–H and O–H groups in total. The standard InChI is InChI=1S/C17H19N3O6/c1-10(21)12-6-4-5-7-13(12)18-16(24)11(2)26-15(23)9-20-14(22)8-19(3)17(20)25/h4-7,11H,8-9H2,1-3H3,(H,18,24)/t11-/m1/s1. The summed E-state index contributed by atoms with van der Waals surface area (Å²) < 4.78 is 4.98. The van der Waals surface area contributed by atoms with Crippen LogP contribution in [0, 0.1) is 0 Å². The number of para-hydroxylation sites is 1. The quantitative estimate of drug-likeness (QED) is 0.452. The lowest BCUT2D eigenvalue weighted by molar-refractivity contribution is -0.154. The van der Waals surface area contributed by atoms with E-state index in [9.17, 15) is 24.0 Å². The lowest BCUT2D eigenvalue weighted by atomic mass is 10.1. The molecule has 138 valence electrons. The van der Waals surface area contributed by atoms with Crippen molar-refractivity contribution in [2.24, 2.45) is 0 Å². The Morgan fingerprint density at radius 1 is 1.23 bits per heavy atom. The normalized spacial score (nSPS) is 15.0. The zero-order valence-corrected chi connectivity index (χ0v) is 14.6. The number of imide groups is 1. The second-order valence-electron chi connectivity index (χ2n) is 5.84. The Balaban J connectivity index is 1.95. The molecule has 1 aromatic carbocycles. The molecule has 9 nitrogen and oxygen atoms in total. The highest BCUT2D eigenvalue weighted by Crippen LogP contribution is 2.16. The Kier molecular flexibility index (Phi) is 5.71. The first-order valence-electron chi connectivity index (χ1n) is 7.86. The molecule has 9 heteroatoms. The van der Waals surface area contributed by atoms with Crippen LogP contribution in [0.2, 0.25) is 0 Å². The summed E-state index contributed by atoms with van der Waals surface area (Å²) in [5.41, 5.74) is 0.634. The second kappa shape index (κ2) is 7.77. The van der Waals surface area contributed by atoms with Crippen LogP contribution in [0.4, 0.5) is 10.5 Å². The molecule has 2 rings (SSSR count). The van der Waals surface area contributed by atoms with Crippen molar-refractivity contribution < 1.29 is 28.7 Å². The van der Waals surface area contributed by atoms with E-state index < -0.39 is 36.5 Å². The van der Waals surface area contributed by atoms with E-state index in [-0.39, 0.29) is 12.3 Å².